The molecule has 69 heavy (non-hydrogen) atoms. The smallest absolute Gasteiger partial charge is 0.306 e. The van der Waals surface area contributed by atoms with Gasteiger partial charge in [0.2, 0.25) is 0 Å². The second-order valence-corrected chi connectivity index (χ2v) is 19.5. The summed E-state index contributed by atoms with van der Waals surface area (Å²) in [7, 11) is 0. The second kappa shape index (κ2) is 57.4. The molecule has 6 nitrogen and oxygen atoms in total. The summed E-state index contributed by atoms with van der Waals surface area (Å²) in [6, 6.07) is 0. The molecule has 0 amide bonds. The third-order valence-corrected chi connectivity index (χ3v) is 12.7. The molecular formula is C63H110O6. The number of carbonyl (C=O) groups is 3. The first-order chi connectivity index (χ1) is 34.0. The van der Waals surface area contributed by atoms with Crippen LogP contribution >= 0.6 is 0 Å². The number of allylic oxidation sites excluding steroid dienone is 12. The molecular weight excluding hydrogens is 853 g/mol. The van der Waals surface area contributed by atoms with Crippen molar-refractivity contribution in [3.8, 4) is 0 Å². The summed E-state index contributed by atoms with van der Waals surface area (Å²) >= 11 is 0. The van der Waals surface area contributed by atoms with Gasteiger partial charge in [-0.15, -0.1) is 0 Å². The third kappa shape index (κ3) is 55.6. The number of esters is 3. The van der Waals surface area contributed by atoms with Crippen molar-refractivity contribution in [1.82, 2.24) is 0 Å². The Morgan fingerprint density at radius 3 is 0.928 bits per heavy atom. The van der Waals surface area contributed by atoms with Crippen LogP contribution in [0.15, 0.2) is 72.9 Å². The van der Waals surface area contributed by atoms with Crippen molar-refractivity contribution in [3.63, 3.8) is 0 Å². The summed E-state index contributed by atoms with van der Waals surface area (Å²) in [6.07, 6.45) is 73.2. The fourth-order valence-corrected chi connectivity index (χ4v) is 8.25. The quantitative estimate of drug-likeness (QED) is 0.0262. The molecule has 6 heteroatoms. The van der Waals surface area contributed by atoms with Gasteiger partial charge in [-0.2, -0.15) is 0 Å². The van der Waals surface area contributed by atoms with Crippen molar-refractivity contribution >= 4 is 17.9 Å². The van der Waals surface area contributed by atoms with Gasteiger partial charge in [0.05, 0.1) is 0 Å². The largest absolute Gasteiger partial charge is 0.462 e. The summed E-state index contributed by atoms with van der Waals surface area (Å²) in [5.74, 6) is -0.931. The van der Waals surface area contributed by atoms with Gasteiger partial charge in [-0.05, 0) is 109 Å². The van der Waals surface area contributed by atoms with Gasteiger partial charge in [0, 0.05) is 19.3 Å². The SMILES string of the molecule is CC/C=C\C/C=C\C/C=C\C/C=C\CCCCC(=O)OC[C@H](COC(=O)CCCCCCCCC/C=C\CCCCCCCC)OC(=O)CCCCCCCCCCC/C=C\CCCCCCCC. The van der Waals surface area contributed by atoms with Crippen LogP contribution in [-0.4, -0.2) is 37.2 Å². The molecule has 0 bridgehead atoms. The molecule has 0 rings (SSSR count). The van der Waals surface area contributed by atoms with Gasteiger partial charge >= 0.3 is 17.9 Å². The molecule has 0 unspecified atom stereocenters. The number of ether oxygens (including phenoxy) is 3. The summed E-state index contributed by atoms with van der Waals surface area (Å²) in [5, 5.41) is 0. The van der Waals surface area contributed by atoms with Crippen molar-refractivity contribution in [3.05, 3.63) is 72.9 Å². The van der Waals surface area contributed by atoms with E-state index in [1.165, 1.54) is 167 Å². The van der Waals surface area contributed by atoms with Gasteiger partial charge in [-0.3, -0.25) is 14.4 Å². The Morgan fingerprint density at radius 2 is 0.565 bits per heavy atom. The molecule has 0 radical (unpaired) electrons. The summed E-state index contributed by atoms with van der Waals surface area (Å²) in [6.45, 7) is 6.50. The van der Waals surface area contributed by atoms with Gasteiger partial charge < -0.3 is 14.2 Å². The third-order valence-electron chi connectivity index (χ3n) is 12.7. The number of unbranched alkanes of at least 4 members (excludes halogenated alkanes) is 30. The molecule has 398 valence electrons. The van der Waals surface area contributed by atoms with Gasteiger partial charge in [-0.1, -0.05) is 235 Å². The van der Waals surface area contributed by atoms with Crippen LogP contribution in [0, 0.1) is 0 Å². The monoisotopic (exact) mass is 963 g/mol. The summed E-state index contributed by atoms with van der Waals surface area (Å²) in [5.41, 5.74) is 0. The molecule has 0 spiro atoms. The lowest BCUT2D eigenvalue weighted by Gasteiger charge is -2.18. The number of rotatable bonds is 53. The Balaban J connectivity index is 4.42. The average Bonchev–Trinajstić information content (AvgIpc) is 3.35. The van der Waals surface area contributed by atoms with E-state index in [4.69, 9.17) is 14.2 Å². The van der Waals surface area contributed by atoms with Crippen LogP contribution < -0.4 is 0 Å². The second-order valence-electron chi connectivity index (χ2n) is 19.5. The zero-order valence-corrected chi connectivity index (χ0v) is 45.6. The van der Waals surface area contributed by atoms with E-state index in [1.807, 2.05) is 0 Å². The highest BCUT2D eigenvalue weighted by molar-refractivity contribution is 5.71. The summed E-state index contributed by atoms with van der Waals surface area (Å²) in [4.78, 5) is 38.2. The van der Waals surface area contributed by atoms with E-state index in [0.29, 0.717) is 19.3 Å². The van der Waals surface area contributed by atoms with Gasteiger partial charge in [0.15, 0.2) is 6.10 Å². The van der Waals surface area contributed by atoms with Gasteiger partial charge in [0.25, 0.3) is 0 Å². The van der Waals surface area contributed by atoms with E-state index in [2.05, 4.69) is 93.7 Å². The molecule has 0 aromatic heterocycles. The molecule has 0 N–H and O–H groups in total. The van der Waals surface area contributed by atoms with E-state index in [0.717, 1.165) is 83.5 Å². The average molecular weight is 964 g/mol. The predicted octanol–water partition coefficient (Wildman–Crippen LogP) is 19.8. The van der Waals surface area contributed by atoms with Crippen molar-refractivity contribution < 1.29 is 28.6 Å². The van der Waals surface area contributed by atoms with Crippen molar-refractivity contribution in [2.45, 2.75) is 297 Å². The van der Waals surface area contributed by atoms with Crippen LogP contribution in [-0.2, 0) is 28.6 Å². The van der Waals surface area contributed by atoms with E-state index < -0.39 is 6.10 Å². The van der Waals surface area contributed by atoms with Crippen molar-refractivity contribution in [2.75, 3.05) is 13.2 Å². The van der Waals surface area contributed by atoms with Crippen LogP contribution in [0.5, 0.6) is 0 Å². The van der Waals surface area contributed by atoms with Gasteiger partial charge in [-0.25, -0.2) is 0 Å². The molecule has 0 heterocycles. The molecule has 0 aromatic carbocycles. The predicted molar refractivity (Wildman–Crippen MR) is 298 cm³/mol. The molecule has 0 aliphatic heterocycles. The minimum Gasteiger partial charge on any atom is -0.462 e. The first-order valence-corrected chi connectivity index (χ1v) is 29.4. The topological polar surface area (TPSA) is 78.9 Å². The Morgan fingerprint density at radius 1 is 0.304 bits per heavy atom. The maximum atomic E-state index is 12.9. The molecule has 0 aromatic rings. The molecule has 0 saturated heterocycles. The van der Waals surface area contributed by atoms with E-state index in [9.17, 15) is 14.4 Å². The molecule has 0 saturated carbocycles. The Bertz CT molecular complexity index is 1290. The lowest BCUT2D eigenvalue weighted by Crippen LogP contribution is -2.30. The summed E-state index contributed by atoms with van der Waals surface area (Å²) < 4.78 is 16.8. The van der Waals surface area contributed by atoms with Crippen LogP contribution in [0.3, 0.4) is 0 Å². The molecule has 1 atom stereocenters. The fraction of sp³-hybridized carbons (Fsp3) is 0.762. The fourth-order valence-electron chi connectivity index (χ4n) is 8.25. The maximum Gasteiger partial charge on any atom is 0.306 e. The minimum absolute atomic E-state index is 0.0907. The number of hydrogen-bond donors (Lipinski definition) is 0. The van der Waals surface area contributed by atoms with Gasteiger partial charge in [0.1, 0.15) is 13.2 Å². The minimum atomic E-state index is -0.795. The van der Waals surface area contributed by atoms with E-state index >= 15 is 0 Å². The number of carbonyl (C=O) groups excluding carboxylic acids is 3. The highest BCUT2D eigenvalue weighted by atomic mass is 16.6. The highest BCUT2D eigenvalue weighted by Gasteiger charge is 2.19. The Hall–Kier alpha value is -3.15. The Kier molecular flexibility index (Phi) is 54.8. The van der Waals surface area contributed by atoms with Crippen LogP contribution in [0.2, 0.25) is 0 Å². The zero-order chi connectivity index (χ0) is 50.0. The zero-order valence-electron chi connectivity index (χ0n) is 45.6. The lowest BCUT2D eigenvalue weighted by molar-refractivity contribution is -0.167. The van der Waals surface area contributed by atoms with Crippen LogP contribution in [0.4, 0.5) is 0 Å². The standard InChI is InChI=1S/C63H110O6/c1-4-7-10-13-16-19-22-25-28-30-31-33-36-39-42-45-48-51-54-57-63(66)69-60(58-67-61(64)55-52-49-46-43-40-37-34-27-24-21-18-15-12-9-6-3)59-68-62(65)56-53-50-47-44-41-38-35-32-29-26-23-20-17-14-11-8-5-2/h9,12,18,21,25-29,34,40,43,60H,4-8,10-11,13-17,19-20,22-24,30-33,35-39,41-42,44-59H2,1-3H3/b12-9-,21-18-,28-25-,29-26-,34-27-,43-40-/t60-/m1/s1. The van der Waals surface area contributed by atoms with Crippen molar-refractivity contribution in [2.24, 2.45) is 0 Å². The number of hydrogen-bond acceptors (Lipinski definition) is 6. The van der Waals surface area contributed by atoms with E-state index in [1.54, 1.807) is 0 Å². The lowest BCUT2D eigenvalue weighted by atomic mass is 10.1. The first kappa shape index (κ1) is 65.8. The van der Waals surface area contributed by atoms with Crippen LogP contribution in [0.25, 0.3) is 0 Å². The molecule has 0 aliphatic carbocycles. The van der Waals surface area contributed by atoms with E-state index in [-0.39, 0.29) is 31.1 Å². The molecule has 0 aliphatic rings. The highest BCUT2D eigenvalue weighted by Crippen LogP contribution is 2.15. The maximum absolute atomic E-state index is 12.9. The van der Waals surface area contributed by atoms with Crippen LogP contribution in [0.1, 0.15) is 290 Å². The molecule has 0 fully saturated rings. The Labute approximate surface area is 427 Å². The first-order valence-electron chi connectivity index (χ1n) is 29.4. The van der Waals surface area contributed by atoms with Crippen molar-refractivity contribution in [1.29, 1.82) is 0 Å². The normalized spacial score (nSPS) is 12.6.